The van der Waals surface area contributed by atoms with Crippen LogP contribution in [-0.4, -0.2) is 16.1 Å². The number of esters is 1. The quantitative estimate of drug-likeness (QED) is 0.187. The second-order valence-electron chi connectivity index (χ2n) is 11.7. The van der Waals surface area contributed by atoms with Crippen LogP contribution in [0.1, 0.15) is 59.1 Å². The molecular weight excluding hydrogens is 540 g/mol. The van der Waals surface area contributed by atoms with Gasteiger partial charge in [-0.15, -0.1) is 0 Å². The molecule has 0 atom stereocenters. The van der Waals surface area contributed by atoms with Gasteiger partial charge in [-0.3, -0.25) is 0 Å². The van der Waals surface area contributed by atoms with E-state index < -0.39 is 5.60 Å². The summed E-state index contributed by atoms with van der Waals surface area (Å²) >= 11 is 6.02. The number of carbonyl (C=O) groups is 1. The van der Waals surface area contributed by atoms with Crippen molar-refractivity contribution in [2.24, 2.45) is 0 Å². The van der Waals surface area contributed by atoms with Crippen LogP contribution < -0.4 is 5.32 Å². The summed E-state index contributed by atoms with van der Waals surface area (Å²) in [5, 5.41) is 5.41. The highest BCUT2D eigenvalue weighted by atomic mass is 35.5. The van der Waals surface area contributed by atoms with Gasteiger partial charge in [-0.25, -0.2) is 4.79 Å². The molecule has 0 amide bonds. The lowest BCUT2D eigenvalue weighted by Crippen LogP contribution is -2.24. The van der Waals surface area contributed by atoms with Crippen LogP contribution in [0.3, 0.4) is 0 Å². The monoisotopic (exact) mass is 576 g/mol. The average molecular weight is 577 g/mol. The summed E-state index contributed by atoms with van der Waals surface area (Å²) in [6, 6.07) is 30.4. The molecule has 0 bridgehead atoms. The molecule has 0 aliphatic heterocycles. The van der Waals surface area contributed by atoms with E-state index in [1.807, 2.05) is 69.3 Å². The predicted molar refractivity (Wildman–Crippen MR) is 175 cm³/mol. The third-order valence-electron chi connectivity index (χ3n) is 7.56. The van der Waals surface area contributed by atoms with E-state index in [4.69, 9.17) is 16.3 Å². The molecule has 0 unspecified atom stereocenters. The van der Waals surface area contributed by atoms with Crippen LogP contribution in [0.2, 0.25) is 5.02 Å². The summed E-state index contributed by atoms with van der Waals surface area (Å²) < 4.78 is 8.01. The zero-order valence-electron chi connectivity index (χ0n) is 24.9. The van der Waals surface area contributed by atoms with E-state index in [0.29, 0.717) is 12.1 Å². The Morgan fingerprint density at radius 2 is 1.57 bits per heavy atom. The van der Waals surface area contributed by atoms with Crippen LogP contribution in [0.25, 0.3) is 27.7 Å². The molecule has 42 heavy (non-hydrogen) atoms. The topological polar surface area (TPSA) is 43.3 Å². The zero-order valence-corrected chi connectivity index (χ0v) is 25.7. The summed E-state index contributed by atoms with van der Waals surface area (Å²) in [6.45, 7) is 15.7. The van der Waals surface area contributed by atoms with E-state index in [9.17, 15) is 4.79 Å². The summed E-state index contributed by atoms with van der Waals surface area (Å²) in [4.78, 5) is 12.9. The molecule has 0 aliphatic carbocycles. The van der Waals surface area contributed by atoms with Crippen LogP contribution in [0.5, 0.6) is 0 Å². The molecule has 0 fully saturated rings. The first-order valence-corrected chi connectivity index (χ1v) is 14.6. The Morgan fingerprint density at radius 3 is 2.26 bits per heavy atom. The predicted octanol–water partition coefficient (Wildman–Crippen LogP) is 9.34. The number of ether oxygens (including phenoxy) is 1. The number of aryl methyl sites for hydroxylation is 1. The van der Waals surface area contributed by atoms with Crippen molar-refractivity contribution < 1.29 is 9.53 Å². The van der Waals surface area contributed by atoms with E-state index in [1.165, 1.54) is 27.7 Å². The molecule has 1 heterocycles. The number of benzene rings is 4. The van der Waals surface area contributed by atoms with Crippen molar-refractivity contribution in [3.8, 4) is 11.1 Å². The number of hydrogen-bond donors (Lipinski definition) is 1. The van der Waals surface area contributed by atoms with Crippen molar-refractivity contribution in [2.75, 3.05) is 0 Å². The first-order valence-electron chi connectivity index (χ1n) is 14.2. The van der Waals surface area contributed by atoms with Gasteiger partial charge >= 0.3 is 5.97 Å². The maximum absolute atomic E-state index is 12.9. The molecule has 5 rings (SSSR count). The molecule has 214 valence electrons. The zero-order chi connectivity index (χ0) is 30.0. The minimum Gasteiger partial charge on any atom is -0.456 e. The summed E-state index contributed by atoms with van der Waals surface area (Å²) in [6.07, 6.45) is 0. The van der Waals surface area contributed by atoms with Gasteiger partial charge in [-0.2, -0.15) is 0 Å². The molecule has 0 radical (unpaired) electrons. The number of carbonyl (C=O) groups excluding carboxylic acids is 1. The molecule has 0 spiro atoms. The summed E-state index contributed by atoms with van der Waals surface area (Å²) in [7, 11) is 0. The van der Waals surface area contributed by atoms with Gasteiger partial charge in [0.15, 0.2) is 0 Å². The van der Waals surface area contributed by atoms with Gasteiger partial charge in [0.25, 0.3) is 0 Å². The van der Waals surface area contributed by atoms with Crippen LogP contribution >= 0.6 is 11.6 Å². The Balaban J connectivity index is 1.35. The lowest BCUT2D eigenvalue weighted by Gasteiger charge is -2.20. The van der Waals surface area contributed by atoms with Gasteiger partial charge < -0.3 is 14.6 Å². The Bertz CT molecular complexity index is 1760. The van der Waals surface area contributed by atoms with Crippen LogP contribution in [0.15, 0.2) is 97.6 Å². The first-order chi connectivity index (χ1) is 20.0. The Kier molecular flexibility index (Phi) is 8.29. The number of fused-ring (bicyclic) bond motifs is 1. The van der Waals surface area contributed by atoms with E-state index >= 15 is 0 Å². The van der Waals surface area contributed by atoms with Gasteiger partial charge in [-0.1, -0.05) is 78.8 Å². The van der Waals surface area contributed by atoms with Crippen molar-refractivity contribution in [1.29, 1.82) is 0 Å². The number of halogens is 1. The molecular formula is C37H37ClN2O2. The van der Waals surface area contributed by atoms with E-state index in [2.05, 4.69) is 72.8 Å². The summed E-state index contributed by atoms with van der Waals surface area (Å²) in [5.74, 6) is -0.311. The molecule has 1 aromatic heterocycles. The molecule has 0 saturated carbocycles. The number of aromatic nitrogens is 1. The highest BCUT2D eigenvalue weighted by molar-refractivity contribution is 6.30. The van der Waals surface area contributed by atoms with Crippen molar-refractivity contribution in [1.82, 2.24) is 9.88 Å². The average Bonchev–Trinajstić information content (AvgIpc) is 3.20. The van der Waals surface area contributed by atoms with Gasteiger partial charge in [0.2, 0.25) is 0 Å². The van der Waals surface area contributed by atoms with Crippen LogP contribution in [-0.2, 0) is 17.8 Å². The SMILES string of the molecule is C=C(NCc1ccc(Cl)cc1)c1ccc2c(c1)c(C)c(C)n2Cc1ccc(-c2ccccc2C(=O)OC(C)(C)C)cc1. The molecule has 4 nitrogen and oxygen atoms in total. The maximum atomic E-state index is 12.9. The Morgan fingerprint density at radius 1 is 0.905 bits per heavy atom. The summed E-state index contributed by atoms with van der Waals surface area (Å²) in [5.41, 5.74) is 9.87. The Labute approximate surface area is 253 Å². The molecule has 1 N–H and O–H groups in total. The fraction of sp³-hybridized carbons (Fsp3) is 0.216. The highest BCUT2D eigenvalue weighted by Gasteiger charge is 2.21. The van der Waals surface area contributed by atoms with Crippen molar-refractivity contribution >= 4 is 34.2 Å². The number of nitrogens with one attached hydrogen (secondary N) is 1. The van der Waals surface area contributed by atoms with Crippen LogP contribution in [0, 0.1) is 13.8 Å². The lowest BCUT2D eigenvalue weighted by molar-refractivity contribution is 0.00704. The third kappa shape index (κ3) is 6.45. The number of hydrogen-bond acceptors (Lipinski definition) is 3. The molecule has 5 heteroatoms. The minimum atomic E-state index is -0.550. The van der Waals surface area contributed by atoms with E-state index in [0.717, 1.165) is 39.5 Å². The molecule has 5 aromatic rings. The second-order valence-corrected chi connectivity index (χ2v) is 12.2. The molecule has 0 saturated heterocycles. The van der Waals surface area contributed by atoms with E-state index in [-0.39, 0.29) is 5.97 Å². The van der Waals surface area contributed by atoms with Gasteiger partial charge in [0.05, 0.1) is 5.56 Å². The fourth-order valence-electron chi connectivity index (χ4n) is 5.17. The standard InChI is InChI=1S/C37H37ClN2O2/c1-24-26(3)40(35-20-17-30(21-34(24)35)25(2)39-22-27-13-18-31(38)19-14-27)23-28-11-15-29(16-12-28)32-9-7-8-10-33(32)36(41)42-37(4,5)6/h7-21,39H,2,22-23H2,1,3-6H3. The lowest BCUT2D eigenvalue weighted by atomic mass is 9.98. The van der Waals surface area contributed by atoms with Crippen molar-refractivity contribution in [3.63, 3.8) is 0 Å². The number of nitrogens with zero attached hydrogens (tertiary/aromatic N) is 1. The van der Waals surface area contributed by atoms with Gasteiger partial charge in [0, 0.05) is 40.4 Å². The second kappa shape index (κ2) is 11.9. The highest BCUT2D eigenvalue weighted by Crippen LogP contribution is 2.30. The van der Waals surface area contributed by atoms with Gasteiger partial charge in [-0.05, 0) is 98.3 Å². The number of rotatable bonds is 8. The molecule has 4 aromatic carbocycles. The minimum absolute atomic E-state index is 0.311. The fourth-order valence-corrected chi connectivity index (χ4v) is 5.30. The smallest absolute Gasteiger partial charge is 0.339 e. The van der Waals surface area contributed by atoms with Crippen LogP contribution in [0.4, 0.5) is 0 Å². The Hall–Kier alpha value is -4.28. The third-order valence-corrected chi connectivity index (χ3v) is 7.81. The van der Waals surface area contributed by atoms with Gasteiger partial charge in [0.1, 0.15) is 5.60 Å². The van der Waals surface area contributed by atoms with E-state index in [1.54, 1.807) is 0 Å². The first kappa shape index (κ1) is 29.2. The molecule has 0 aliphatic rings. The van der Waals surface area contributed by atoms with Crippen molar-refractivity contribution in [2.45, 2.75) is 53.3 Å². The normalized spacial score (nSPS) is 11.5. The largest absolute Gasteiger partial charge is 0.456 e. The maximum Gasteiger partial charge on any atom is 0.339 e. The van der Waals surface area contributed by atoms with Crippen molar-refractivity contribution in [3.05, 3.63) is 136 Å².